The van der Waals surface area contributed by atoms with Crippen LogP contribution in [0, 0.1) is 5.82 Å². The molecule has 7 rings (SSSR count). The molecule has 42 heavy (non-hydrogen) atoms. The average Bonchev–Trinajstić information content (AvgIpc) is 3.31. The number of ether oxygens (including phenoxy) is 2. The second kappa shape index (κ2) is 9.67. The summed E-state index contributed by atoms with van der Waals surface area (Å²) < 4.78 is 26.1. The molecule has 6 aromatic carbocycles. The number of esters is 2. The van der Waals surface area contributed by atoms with Gasteiger partial charge in [0.2, 0.25) is 0 Å². The van der Waals surface area contributed by atoms with Crippen LogP contribution < -0.4 is 0 Å². The zero-order chi connectivity index (χ0) is 29.0. The average molecular weight is 553 g/mol. The third kappa shape index (κ3) is 3.74. The molecular formula is C37H25FO4. The van der Waals surface area contributed by atoms with Crippen molar-refractivity contribution in [1.29, 1.82) is 0 Å². The first-order chi connectivity index (χ1) is 20.4. The summed E-state index contributed by atoms with van der Waals surface area (Å²) in [6.07, 6.45) is 2.24. The van der Waals surface area contributed by atoms with Gasteiger partial charge in [-0.15, -0.1) is 0 Å². The predicted molar refractivity (Wildman–Crippen MR) is 164 cm³/mol. The molecule has 1 aliphatic carbocycles. The van der Waals surface area contributed by atoms with Gasteiger partial charge in [0.05, 0.1) is 5.41 Å². The number of rotatable bonds is 7. The molecule has 0 fully saturated rings. The largest absolute Gasteiger partial charge is 0.461 e. The number of halogens is 1. The maximum atomic E-state index is 14.8. The van der Waals surface area contributed by atoms with Crippen molar-refractivity contribution in [2.45, 2.75) is 5.41 Å². The molecule has 0 saturated heterocycles. The van der Waals surface area contributed by atoms with E-state index in [-0.39, 0.29) is 19.0 Å². The Balaban J connectivity index is 1.46. The van der Waals surface area contributed by atoms with E-state index in [9.17, 15) is 14.0 Å². The number of hydrogen-bond acceptors (Lipinski definition) is 4. The van der Waals surface area contributed by atoms with Gasteiger partial charge in [-0.25, -0.2) is 14.0 Å². The van der Waals surface area contributed by atoms with Crippen molar-refractivity contribution in [3.63, 3.8) is 0 Å². The van der Waals surface area contributed by atoms with E-state index >= 15 is 0 Å². The molecule has 0 heterocycles. The Bertz CT molecular complexity index is 2070. The Morgan fingerprint density at radius 3 is 1.95 bits per heavy atom. The third-order valence-electron chi connectivity index (χ3n) is 8.45. The minimum Gasteiger partial charge on any atom is -0.461 e. The highest BCUT2D eigenvalue weighted by atomic mass is 19.1. The number of benzene rings is 6. The maximum Gasteiger partial charge on any atom is 0.330 e. The van der Waals surface area contributed by atoms with Crippen LogP contribution in [-0.4, -0.2) is 25.2 Å². The number of carbonyl (C=O) groups excluding carboxylic acids is 2. The van der Waals surface area contributed by atoms with Gasteiger partial charge in [0.15, 0.2) is 0 Å². The molecule has 204 valence electrons. The predicted octanol–water partition coefficient (Wildman–Crippen LogP) is 8.12. The van der Waals surface area contributed by atoms with Gasteiger partial charge in [-0.1, -0.05) is 92.0 Å². The molecule has 0 aliphatic heterocycles. The fourth-order valence-electron chi connectivity index (χ4n) is 6.50. The molecule has 0 atom stereocenters. The highest BCUT2D eigenvalue weighted by Crippen LogP contribution is 2.51. The van der Waals surface area contributed by atoms with Gasteiger partial charge in [-0.05, 0) is 67.1 Å². The van der Waals surface area contributed by atoms with Crippen molar-refractivity contribution in [2.24, 2.45) is 0 Å². The smallest absolute Gasteiger partial charge is 0.330 e. The van der Waals surface area contributed by atoms with Crippen LogP contribution in [0.5, 0.6) is 0 Å². The Morgan fingerprint density at radius 1 is 0.667 bits per heavy atom. The molecule has 0 aromatic heterocycles. The lowest BCUT2D eigenvalue weighted by Gasteiger charge is -2.31. The molecule has 1 aliphatic rings. The van der Waals surface area contributed by atoms with Crippen LogP contribution in [0.3, 0.4) is 0 Å². The van der Waals surface area contributed by atoms with E-state index < -0.39 is 17.4 Å². The van der Waals surface area contributed by atoms with Crippen LogP contribution in [0.1, 0.15) is 11.1 Å². The van der Waals surface area contributed by atoms with Crippen LogP contribution in [0.25, 0.3) is 54.6 Å². The van der Waals surface area contributed by atoms with Crippen molar-refractivity contribution in [3.8, 4) is 22.3 Å². The SMILES string of the molecule is C=CC(=O)OCC1(COC(=O)C=C)c2ccccc2-c2ccc(-c3ccc4ccc5ccc(F)c6ccc3c4c56)cc21. The lowest BCUT2D eigenvalue weighted by molar-refractivity contribution is -0.143. The molecule has 4 nitrogen and oxygen atoms in total. The van der Waals surface area contributed by atoms with Gasteiger partial charge >= 0.3 is 11.9 Å². The normalized spacial score (nSPS) is 13.2. The molecule has 0 bridgehead atoms. The fraction of sp³-hybridized carbons (Fsp3) is 0.0811. The minimum atomic E-state index is -0.952. The summed E-state index contributed by atoms with van der Waals surface area (Å²) >= 11 is 0. The summed E-state index contributed by atoms with van der Waals surface area (Å²) in [5, 5.41) is 5.54. The van der Waals surface area contributed by atoms with Crippen LogP contribution >= 0.6 is 0 Å². The third-order valence-corrected chi connectivity index (χ3v) is 8.45. The van der Waals surface area contributed by atoms with E-state index in [1.165, 1.54) is 6.07 Å². The molecule has 0 saturated carbocycles. The van der Waals surface area contributed by atoms with Crippen molar-refractivity contribution in [3.05, 3.63) is 133 Å². The standard InChI is InChI=1S/C37H25FO4/c1-3-33(39)41-20-37(21-42-34(40)4-2)30-8-6-5-7-26(30)27-15-12-24(19-31(27)37)25-14-11-22-9-10-23-13-18-32(38)29-17-16-28(25)35(22)36(23)29/h3-19H,1-2,20-21H2. The summed E-state index contributed by atoms with van der Waals surface area (Å²) in [4.78, 5) is 24.5. The molecule has 0 amide bonds. The van der Waals surface area contributed by atoms with Gasteiger partial charge in [0.1, 0.15) is 19.0 Å². The van der Waals surface area contributed by atoms with Crippen LogP contribution in [-0.2, 0) is 24.5 Å². The molecular weight excluding hydrogens is 527 g/mol. The minimum absolute atomic E-state index is 0.0481. The van der Waals surface area contributed by atoms with E-state index in [1.807, 2.05) is 48.5 Å². The van der Waals surface area contributed by atoms with Crippen LogP contribution in [0.2, 0.25) is 0 Å². The summed E-state index contributed by atoms with van der Waals surface area (Å²) in [5.74, 6) is -1.37. The van der Waals surface area contributed by atoms with Crippen LogP contribution in [0.15, 0.2) is 116 Å². The van der Waals surface area contributed by atoms with Crippen LogP contribution in [0.4, 0.5) is 4.39 Å². The molecule has 0 spiro atoms. The maximum absolute atomic E-state index is 14.8. The Labute approximate surface area is 241 Å². The van der Waals surface area contributed by atoms with Crippen molar-refractivity contribution >= 4 is 44.3 Å². The fourth-order valence-corrected chi connectivity index (χ4v) is 6.50. The van der Waals surface area contributed by atoms with E-state index in [4.69, 9.17) is 9.47 Å². The van der Waals surface area contributed by atoms with Gasteiger partial charge in [-0.2, -0.15) is 0 Å². The summed E-state index contributed by atoms with van der Waals surface area (Å²) in [5.41, 5.74) is 4.71. The summed E-state index contributed by atoms with van der Waals surface area (Å²) in [6.45, 7) is 6.97. The second-order valence-electron chi connectivity index (χ2n) is 10.6. The lowest BCUT2D eigenvalue weighted by Crippen LogP contribution is -2.38. The molecule has 0 radical (unpaired) electrons. The molecule has 0 N–H and O–H groups in total. The highest BCUT2D eigenvalue weighted by molar-refractivity contribution is 6.25. The zero-order valence-electron chi connectivity index (χ0n) is 22.7. The van der Waals surface area contributed by atoms with Crippen molar-refractivity contribution in [1.82, 2.24) is 0 Å². The van der Waals surface area contributed by atoms with Gasteiger partial charge < -0.3 is 9.47 Å². The molecule has 5 heteroatoms. The number of hydrogen-bond donors (Lipinski definition) is 0. The Hall–Kier alpha value is -5.29. The summed E-state index contributed by atoms with van der Waals surface area (Å²) in [6, 6.07) is 29.5. The first-order valence-electron chi connectivity index (χ1n) is 13.6. The zero-order valence-corrected chi connectivity index (χ0v) is 22.7. The molecule has 0 unspecified atom stereocenters. The Morgan fingerprint density at radius 2 is 1.24 bits per heavy atom. The van der Waals surface area contributed by atoms with Gasteiger partial charge in [-0.3, -0.25) is 0 Å². The van der Waals surface area contributed by atoms with E-state index in [0.29, 0.717) is 5.39 Å². The highest BCUT2D eigenvalue weighted by Gasteiger charge is 2.45. The Kier molecular flexibility index (Phi) is 5.91. The second-order valence-corrected chi connectivity index (χ2v) is 10.6. The lowest BCUT2D eigenvalue weighted by atomic mass is 9.78. The first kappa shape index (κ1) is 25.7. The quantitative estimate of drug-likeness (QED) is 0.114. The van der Waals surface area contributed by atoms with Crippen molar-refractivity contribution in [2.75, 3.05) is 13.2 Å². The molecule has 6 aromatic rings. The van der Waals surface area contributed by atoms with E-state index in [0.717, 1.165) is 72.5 Å². The topological polar surface area (TPSA) is 52.6 Å². The van der Waals surface area contributed by atoms with Crippen molar-refractivity contribution < 1.29 is 23.5 Å². The monoisotopic (exact) mass is 552 g/mol. The first-order valence-corrected chi connectivity index (χ1v) is 13.6. The number of fused-ring (bicyclic) bond motifs is 3. The van der Waals surface area contributed by atoms with E-state index in [2.05, 4.69) is 49.6 Å². The van der Waals surface area contributed by atoms with Gasteiger partial charge in [0, 0.05) is 22.9 Å². The number of carbonyl (C=O) groups is 2. The van der Waals surface area contributed by atoms with E-state index in [1.54, 1.807) is 0 Å². The summed E-state index contributed by atoms with van der Waals surface area (Å²) in [7, 11) is 0. The van der Waals surface area contributed by atoms with Gasteiger partial charge in [0.25, 0.3) is 0 Å².